The first kappa shape index (κ1) is 14.4. The Kier molecular flexibility index (Phi) is 4.01. The van der Waals surface area contributed by atoms with Crippen LogP contribution in [-0.4, -0.2) is 17.0 Å². The number of rotatable bonds is 3. The van der Waals surface area contributed by atoms with Gasteiger partial charge < -0.3 is 10.4 Å². The van der Waals surface area contributed by atoms with Crippen LogP contribution in [0.15, 0.2) is 24.3 Å². The molecule has 0 fully saturated rings. The summed E-state index contributed by atoms with van der Waals surface area (Å²) in [5.41, 5.74) is -0.517. The molecule has 0 spiro atoms. The minimum atomic E-state index is -1.14. The van der Waals surface area contributed by atoms with Crippen LogP contribution in [0.2, 0.25) is 5.02 Å². The minimum Gasteiger partial charge on any atom is -0.477 e. The van der Waals surface area contributed by atoms with Gasteiger partial charge in [0.2, 0.25) is 0 Å². The van der Waals surface area contributed by atoms with Gasteiger partial charge in [-0.2, -0.15) is 0 Å². The second-order valence-electron chi connectivity index (χ2n) is 3.67. The highest BCUT2D eigenvalue weighted by Gasteiger charge is 2.17. The van der Waals surface area contributed by atoms with Crippen LogP contribution in [0.5, 0.6) is 0 Å². The van der Waals surface area contributed by atoms with Crippen molar-refractivity contribution >= 4 is 39.8 Å². The smallest absolute Gasteiger partial charge is 0.345 e. The van der Waals surface area contributed by atoms with E-state index in [1.54, 1.807) is 0 Å². The highest BCUT2D eigenvalue weighted by Crippen LogP contribution is 2.24. The van der Waals surface area contributed by atoms with E-state index in [4.69, 9.17) is 16.7 Å². The first-order valence-corrected chi connectivity index (χ1v) is 6.37. The molecular formula is C12H6ClF2NO3S. The number of nitrogens with one attached hydrogen (secondary N) is 1. The molecule has 4 nitrogen and oxygen atoms in total. The number of hydrogen-bond donors (Lipinski definition) is 2. The molecule has 2 N–H and O–H groups in total. The summed E-state index contributed by atoms with van der Waals surface area (Å²) in [6.45, 7) is 0. The van der Waals surface area contributed by atoms with Crippen molar-refractivity contribution in [2.24, 2.45) is 0 Å². The number of carboxylic acids is 1. The van der Waals surface area contributed by atoms with Gasteiger partial charge in [-0.15, -0.1) is 11.3 Å². The number of carbonyl (C=O) groups excluding carboxylic acids is 1. The molecular weight excluding hydrogens is 312 g/mol. The number of halogens is 3. The van der Waals surface area contributed by atoms with E-state index in [1.807, 2.05) is 0 Å². The highest BCUT2D eigenvalue weighted by atomic mass is 35.5. The zero-order chi connectivity index (χ0) is 14.9. The van der Waals surface area contributed by atoms with Gasteiger partial charge in [-0.05, 0) is 24.3 Å². The number of hydrogen-bond acceptors (Lipinski definition) is 3. The summed E-state index contributed by atoms with van der Waals surface area (Å²) in [5, 5.41) is 10.8. The second-order valence-corrected chi connectivity index (χ2v) is 5.16. The lowest BCUT2D eigenvalue weighted by Gasteiger charge is -2.05. The molecule has 1 aromatic carbocycles. The lowest BCUT2D eigenvalue weighted by Crippen LogP contribution is -2.13. The molecule has 1 amide bonds. The number of benzene rings is 1. The fourth-order valence-electron chi connectivity index (χ4n) is 1.40. The van der Waals surface area contributed by atoms with Gasteiger partial charge in [0.25, 0.3) is 5.91 Å². The van der Waals surface area contributed by atoms with Gasteiger partial charge in [0.15, 0.2) is 0 Å². The SMILES string of the molecule is O=C(O)c1ccc(NC(=O)c2cc(F)c(Cl)cc2F)s1. The topological polar surface area (TPSA) is 66.4 Å². The number of amides is 1. The maximum Gasteiger partial charge on any atom is 0.345 e. The summed E-state index contributed by atoms with van der Waals surface area (Å²) in [4.78, 5) is 22.5. The largest absolute Gasteiger partial charge is 0.477 e. The average molecular weight is 318 g/mol. The van der Waals surface area contributed by atoms with Crippen LogP contribution in [-0.2, 0) is 0 Å². The summed E-state index contributed by atoms with van der Waals surface area (Å²) in [5.74, 6) is -3.92. The molecule has 20 heavy (non-hydrogen) atoms. The van der Waals surface area contributed by atoms with Gasteiger partial charge in [-0.1, -0.05) is 11.6 Å². The molecule has 2 rings (SSSR count). The van der Waals surface area contributed by atoms with E-state index in [0.717, 1.165) is 11.3 Å². The first-order valence-electron chi connectivity index (χ1n) is 5.17. The Morgan fingerprint density at radius 1 is 1.20 bits per heavy atom. The van der Waals surface area contributed by atoms with E-state index >= 15 is 0 Å². The number of anilines is 1. The maximum absolute atomic E-state index is 13.5. The third-order valence-corrected chi connectivity index (χ3v) is 3.59. The molecule has 0 unspecified atom stereocenters. The van der Waals surface area contributed by atoms with Gasteiger partial charge >= 0.3 is 5.97 Å². The van der Waals surface area contributed by atoms with Crippen molar-refractivity contribution < 1.29 is 23.5 Å². The summed E-state index contributed by atoms with van der Waals surface area (Å²) >= 11 is 6.18. The first-order chi connectivity index (χ1) is 9.38. The number of thiophene rings is 1. The quantitative estimate of drug-likeness (QED) is 0.849. The van der Waals surface area contributed by atoms with Crippen LogP contribution in [0.25, 0.3) is 0 Å². The maximum atomic E-state index is 13.5. The number of aromatic carboxylic acids is 1. The van der Waals surface area contributed by atoms with Crippen molar-refractivity contribution in [3.63, 3.8) is 0 Å². The van der Waals surface area contributed by atoms with Gasteiger partial charge in [-0.3, -0.25) is 4.79 Å². The van der Waals surface area contributed by atoms with E-state index in [2.05, 4.69) is 5.32 Å². The lowest BCUT2D eigenvalue weighted by atomic mass is 10.2. The van der Waals surface area contributed by atoms with Gasteiger partial charge in [-0.25, -0.2) is 13.6 Å². The Balaban J connectivity index is 2.23. The standard InChI is InChI=1S/C12H6ClF2NO3S/c13-6-4-7(14)5(3-8(6)15)11(17)16-10-2-1-9(20-10)12(18)19/h1-4H,(H,16,17)(H,18,19). The molecule has 0 saturated carbocycles. The minimum absolute atomic E-state index is 0.0167. The van der Waals surface area contributed by atoms with Crippen molar-refractivity contribution in [1.29, 1.82) is 0 Å². The monoisotopic (exact) mass is 317 g/mol. The summed E-state index contributed by atoms with van der Waals surface area (Å²) in [7, 11) is 0. The van der Waals surface area contributed by atoms with Gasteiger partial charge in [0.05, 0.1) is 15.6 Å². The molecule has 1 heterocycles. The third-order valence-electron chi connectivity index (χ3n) is 2.31. The van der Waals surface area contributed by atoms with E-state index < -0.39 is 34.1 Å². The molecule has 2 aromatic rings. The van der Waals surface area contributed by atoms with Crippen molar-refractivity contribution in [3.8, 4) is 0 Å². The van der Waals surface area contributed by atoms with Crippen LogP contribution in [0.3, 0.4) is 0 Å². The normalized spacial score (nSPS) is 10.3. The van der Waals surface area contributed by atoms with E-state index in [9.17, 15) is 18.4 Å². The van der Waals surface area contributed by atoms with E-state index in [0.29, 0.717) is 12.1 Å². The van der Waals surface area contributed by atoms with Crippen LogP contribution >= 0.6 is 22.9 Å². The summed E-state index contributed by atoms with van der Waals surface area (Å²) in [6.07, 6.45) is 0. The predicted molar refractivity (Wildman–Crippen MR) is 70.6 cm³/mol. The summed E-state index contributed by atoms with van der Waals surface area (Å²) in [6, 6.07) is 4.03. The average Bonchev–Trinajstić information content (AvgIpc) is 2.82. The van der Waals surface area contributed by atoms with Crippen LogP contribution in [0.1, 0.15) is 20.0 Å². The zero-order valence-electron chi connectivity index (χ0n) is 9.62. The molecule has 0 saturated heterocycles. The summed E-state index contributed by atoms with van der Waals surface area (Å²) < 4.78 is 26.7. The Labute approximate surface area is 120 Å². The van der Waals surface area contributed by atoms with E-state index in [1.165, 1.54) is 12.1 Å². The Bertz CT molecular complexity index is 702. The van der Waals surface area contributed by atoms with Crippen LogP contribution < -0.4 is 5.32 Å². The molecule has 0 aliphatic heterocycles. The third kappa shape index (κ3) is 2.94. The highest BCUT2D eigenvalue weighted by molar-refractivity contribution is 7.18. The zero-order valence-corrected chi connectivity index (χ0v) is 11.2. The second kappa shape index (κ2) is 5.56. The van der Waals surface area contributed by atoms with E-state index in [-0.39, 0.29) is 9.88 Å². The van der Waals surface area contributed by atoms with Crippen molar-refractivity contribution in [2.45, 2.75) is 0 Å². The predicted octanol–water partition coefficient (Wildman–Crippen LogP) is 3.63. The number of carboxylic acid groups (broad SMARTS) is 1. The van der Waals surface area contributed by atoms with Crippen molar-refractivity contribution in [2.75, 3.05) is 5.32 Å². The Morgan fingerprint density at radius 3 is 2.50 bits per heavy atom. The molecule has 104 valence electrons. The fraction of sp³-hybridized carbons (Fsp3) is 0. The molecule has 0 aliphatic rings. The molecule has 0 aliphatic carbocycles. The van der Waals surface area contributed by atoms with Crippen LogP contribution in [0, 0.1) is 11.6 Å². The lowest BCUT2D eigenvalue weighted by molar-refractivity contribution is 0.0702. The Hall–Kier alpha value is -1.99. The fourth-order valence-corrected chi connectivity index (χ4v) is 2.29. The van der Waals surface area contributed by atoms with Crippen molar-refractivity contribution in [1.82, 2.24) is 0 Å². The molecule has 8 heteroatoms. The number of carbonyl (C=O) groups is 2. The van der Waals surface area contributed by atoms with Crippen LogP contribution in [0.4, 0.5) is 13.8 Å². The molecule has 0 atom stereocenters. The molecule has 1 aromatic heterocycles. The molecule has 0 bridgehead atoms. The Morgan fingerprint density at radius 2 is 1.90 bits per heavy atom. The van der Waals surface area contributed by atoms with Crippen molar-refractivity contribution in [3.05, 3.63) is 51.4 Å². The van der Waals surface area contributed by atoms with Gasteiger partial charge in [0, 0.05) is 0 Å². The molecule has 0 radical (unpaired) electrons. The van der Waals surface area contributed by atoms with Gasteiger partial charge in [0.1, 0.15) is 16.5 Å².